The van der Waals surface area contributed by atoms with Crippen molar-refractivity contribution in [2.24, 2.45) is 5.73 Å². The predicted molar refractivity (Wildman–Crippen MR) is 75.1 cm³/mol. The Morgan fingerprint density at radius 3 is 2.75 bits per heavy atom. The predicted octanol–water partition coefficient (Wildman–Crippen LogP) is 3.23. The number of rotatable bonds is 5. The molecule has 0 bridgehead atoms. The minimum Gasteiger partial charge on any atom is -0.389 e. The van der Waals surface area contributed by atoms with Crippen molar-refractivity contribution >= 4 is 22.9 Å². The van der Waals surface area contributed by atoms with Gasteiger partial charge in [0.05, 0.1) is 0 Å². The van der Waals surface area contributed by atoms with Crippen molar-refractivity contribution in [3.8, 4) is 0 Å². The molecular weight excluding hydrogens is 216 g/mol. The highest BCUT2D eigenvalue weighted by Crippen LogP contribution is 2.19. The summed E-state index contributed by atoms with van der Waals surface area (Å²) in [5.74, 6) is 0. The highest BCUT2D eigenvalue weighted by Gasteiger charge is 2.07. The van der Waals surface area contributed by atoms with Gasteiger partial charge in [0, 0.05) is 17.3 Å². The summed E-state index contributed by atoms with van der Waals surface area (Å²) in [4.78, 5) is 0.450. The Morgan fingerprint density at radius 2 is 2.19 bits per heavy atom. The van der Waals surface area contributed by atoms with Crippen molar-refractivity contribution < 1.29 is 0 Å². The van der Waals surface area contributed by atoms with Crippen molar-refractivity contribution in [3.63, 3.8) is 0 Å². The minimum atomic E-state index is 0.444. The first-order chi connectivity index (χ1) is 7.54. The first kappa shape index (κ1) is 13.0. The fourth-order valence-electron chi connectivity index (χ4n) is 1.76. The molecular formula is C13H20N2S. The van der Waals surface area contributed by atoms with E-state index in [-0.39, 0.29) is 0 Å². The number of hydrogen-bond donors (Lipinski definition) is 2. The van der Waals surface area contributed by atoms with E-state index in [4.69, 9.17) is 18.0 Å². The third kappa shape index (κ3) is 3.49. The number of anilines is 1. The Labute approximate surface area is 103 Å². The highest BCUT2D eigenvalue weighted by atomic mass is 32.1. The van der Waals surface area contributed by atoms with Crippen LogP contribution in [0, 0.1) is 6.92 Å². The topological polar surface area (TPSA) is 38.0 Å². The summed E-state index contributed by atoms with van der Waals surface area (Å²) >= 11 is 5.05. The van der Waals surface area contributed by atoms with E-state index in [2.05, 4.69) is 32.2 Å². The molecule has 1 rings (SSSR count). The van der Waals surface area contributed by atoms with E-state index in [0.717, 1.165) is 17.7 Å². The maximum atomic E-state index is 5.71. The normalized spacial score (nSPS) is 12.2. The van der Waals surface area contributed by atoms with Gasteiger partial charge < -0.3 is 11.1 Å². The van der Waals surface area contributed by atoms with Gasteiger partial charge in [-0.1, -0.05) is 31.6 Å². The lowest BCUT2D eigenvalue weighted by molar-refractivity contribution is 0.690. The zero-order valence-electron chi connectivity index (χ0n) is 10.2. The van der Waals surface area contributed by atoms with Gasteiger partial charge in [-0.2, -0.15) is 0 Å². The summed E-state index contributed by atoms with van der Waals surface area (Å²) in [6.45, 7) is 6.43. The van der Waals surface area contributed by atoms with Gasteiger partial charge >= 0.3 is 0 Å². The number of nitrogens with one attached hydrogen (secondary N) is 1. The number of thiocarbonyl (C=S) groups is 1. The van der Waals surface area contributed by atoms with Gasteiger partial charge in [-0.15, -0.1) is 0 Å². The molecule has 1 unspecified atom stereocenters. The van der Waals surface area contributed by atoms with Crippen LogP contribution >= 0.6 is 12.2 Å². The summed E-state index contributed by atoms with van der Waals surface area (Å²) in [5.41, 5.74) is 8.90. The van der Waals surface area contributed by atoms with Crippen molar-refractivity contribution in [2.45, 2.75) is 39.7 Å². The summed E-state index contributed by atoms with van der Waals surface area (Å²) < 4.78 is 0. The molecule has 0 aromatic heterocycles. The maximum Gasteiger partial charge on any atom is 0.106 e. The number of aryl methyl sites for hydroxylation is 1. The first-order valence-electron chi connectivity index (χ1n) is 5.71. The van der Waals surface area contributed by atoms with Crippen LogP contribution in [0.2, 0.25) is 0 Å². The van der Waals surface area contributed by atoms with Crippen LogP contribution < -0.4 is 11.1 Å². The van der Waals surface area contributed by atoms with E-state index < -0.39 is 0 Å². The second kappa shape index (κ2) is 5.85. The van der Waals surface area contributed by atoms with E-state index >= 15 is 0 Å². The fraction of sp³-hybridized carbons (Fsp3) is 0.462. The Bertz CT molecular complexity index is 374. The van der Waals surface area contributed by atoms with Crippen LogP contribution in [0.3, 0.4) is 0 Å². The van der Waals surface area contributed by atoms with Crippen molar-refractivity contribution in [1.82, 2.24) is 0 Å². The molecule has 3 N–H and O–H groups in total. The molecule has 16 heavy (non-hydrogen) atoms. The average molecular weight is 236 g/mol. The minimum absolute atomic E-state index is 0.444. The van der Waals surface area contributed by atoms with Crippen LogP contribution in [0.4, 0.5) is 5.69 Å². The van der Waals surface area contributed by atoms with Crippen molar-refractivity contribution in [3.05, 3.63) is 29.3 Å². The number of benzene rings is 1. The molecule has 1 atom stereocenters. The summed E-state index contributed by atoms with van der Waals surface area (Å²) in [7, 11) is 0. The molecule has 0 fully saturated rings. The molecule has 0 radical (unpaired) electrons. The SMILES string of the molecule is CCCC(C)Nc1cc(C)ccc1C(N)=S. The summed E-state index contributed by atoms with van der Waals surface area (Å²) in [5, 5.41) is 3.47. The highest BCUT2D eigenvalue weighted by molar-refractivity contribution is 7.80. The van der Waals surface area contributed by atoms with Gasteiger partial charge in [0.2, 0.25) is 0 Å². The number of hydrogen-bond acceptors (Lipinski definition) is 2. The van der Waals surface area contributed by atoms with Crippen LogP contribution in [0.15, 0.2) is 18.2 Å². The van der Waals surface area contributed by atoms with Crippen molar-refractivity contribution in [1.29, 1.82) is 0 Å². The molecule has 0 aliphatic rings. The maximum absolute atomic E-state index is 5.71. The molecule has 1 aromatic carbocycles. The average Bonchev–Trinajstić information content (AvgIpc) is 2.17. The fourth-order valence-corrected chi connectivity index (χ4v) is 1.94. The van der Waals surface area contributed by atoms with E-state index in [1.54, 1.807) is 0 Å². The first-order valence-corrected chi connectivity index (χ1v) is 6.12. The third-order valence-corrected chi connectivity index (χ3v) is 2.78. The second-order valence-electron chi connectivity index (χ2n) is 4.25. The summed E-state index contributed by atoms with van der Waals surface area (Å²) in [6, 6.07) is 6.56. The Morgan fingerprint density at radius 1 is 1.50 bits per heavy atom. The quantitative estimate of drug-likeness (QED) is 0.771. The monoisotopic (exact) mass is 236 g/mol. The number of nitrogens with two attached hydrogens (primary N) is 1. The lowest BCUT2D eigenvalue weighted by Crippen LogP contribution is -2.19. The zero-order valence-corrected chi connectivity index (χ0v) is 11.0. The molecule has 0 amide bonds. The van der Waals surface area contributed by atoms with Crippen LogP contribution in [0.1, 0.15) is 37.8 Å². The molecule has 88 valence electrons. The Hall–Kier alpha value is -1.09. The van der Waals surface area contributed by atoms with Gasteiger partial charge in [-0.3, -0.25) is 0 Å². The Kier molecular flexibility index (Phi) is 4.74. The third-order valence-electron chi connectivity index (χ3n) is 2.56. The van der Waals surface area contributed by atoms with Crippen molar-refractivity contribution in [2.75, 3.05) is 5.32 Å². The second-order valence-corrected chi connectivity index (χ2v) is 4.69. The zero-order chi connectivity index (χ0) is 12.1. The molecule has 2 nitrogen and oxygen atoms in total. The molecule has 1 aromatic rings. The van der Waals surface area contributed by atoms with Crippen LogP contribution in [-0.2, 0) is 0 Å². The Balaban J connectivity index is 2.92. The van der Waals surface area contributed by atoms with Crippen LogP contribution in [-0.4, -0.2) is 11.0 Å². The van der Waals surface area contributed by atoms with Crippen LogP contribution in [0.5, 0.6) is 0 Å². The summed E-state index contributed by atoms with van der Waals surface area (Å²) in [6.07, 6.45) is 2.31. The standard InChI is InChI=1S/C13H20N2S/c1-4-5-10(3)15-12-8-9(2)6-7-11(12)13(14)16/h6-8,10,15H,4-5H2,1-3H3,(H2,14,16). The van der Waals surface area contributed by atoms with Gasteiger partial charge in [0.15, 0.2) is 0 Å². The van der Waals surface area contributed by atoms with E-state index in [1.807, 2.05) is 12.1 Å². The molecule has 0 spiro atoms. The lowest BCUT2D eigenvalue weighted by Gasteiger charge is -2.17. The molecule has 0 heterocycles. The smallest absolute Gasteiger partial charge is 0.106 e. The molecule has 0 aliphatic heterocycles. The van der Waals surface area contributed by atoms with Crippen LogP contribution in [0.25, 0.3) is 0 Å². The van der Waals surface area contributed by atoms with E-state index in [1.165, 1.54) is 12.0 Å². The largest absolute Gasteiger partial charge is 0.389 e. The van der Waals surface area contributed by atoms with Gasteiger partial charge in [-0.05, 0) is 38.0 Å². The van der Waals surface area contributed by atoms with Gasteiger partial charge in [0.25, 0.3) is 0 Å². The van der Waals surface area contributed by atoms with E-state index in [9.17, 15) is 0 Å². The molecule has 0 aliphatic carbocycles. The van der Waals surface area contributed by atoms with Gasteiger partial charge in [0.1, 0.15) is 4.99 Å². The van der Waals surface area contributed by atoms with Gasteiger partial charge in [-0.25, -0.2) is 0 Å². The molecule has 3 heteroatoms. The molecule has 0 saturated heterocycles. The van der Waals surface area contributed by atoms with E-state index in [0.29, 0.717) is 11.0 Å². The molecule has 0 saturated carbocycles. The lowest BCUT2D eigenvalue weighted by atomic mass is 10.1.